The zero-order chi connectivity index (χ0) is 13.1. The second-order valence-electron chi connectivity index (χ2n) is 4.26. The van der Waals surface area contributed by atoms with Gasteiger partial charge in [0.25, 0.3) is 0 Å². The van der Waals surface area contributed by atoms with E-state index in [2.05, 4.69) is 13.0 Å². The van der Waals surface area contributed by atoms with Gasteiger partial charge in [0.15, 0.2) is 0 Å². The van der Waals surface area contributed by atoms with E-state index in [0.29, 0.717) is 10.9 Å². The highest BCUT2D eigenvalue weighted by Crippen LogP contribution is 2.31. The number of rotatable bonds is 3. The van der Waals surface area contributed by atoms with Crippen molar-refractivity contribution in [1.29, 1.82) is 0 Å². The lowest BCUT2D eigenvalue weighted by molar-refractivity contribution is 0.474. The standard InChI is InChI=1S/C15H14Cl2O/c1-10-3-5-14(11(2)7-10)18-15-6-4-13(17)8-12(15)9-16/h3-8H,9H2,1-2H3. The number of aryl methyl sites for hydroxylation is 2. The molecule has 94 valence electrons. The van der Waals surface area contributed by atoms with E-state index in [4.69, 9.17) is 27.9 Å². The number of halogens is 2. The van der Waals surface area contributed by atoms with Crippen molar-refractivity contribution in [3.8, 4) is 11.5 Å². The van der Waals surface area contributed by atoms with Gasteiger partial charge >= 0.3 is 0 Å². The van der Waals surface area contributed by atoms with Gasteiger partial charge in [-0.25, -0.2) is 0 Å². The Morgan fingerprint density at radius 2 is 1.72 bits per heavy atom. The monoisotopic (exact) mass is 280 g/mol. The second kappa shape index (κ2) is 5.64. The Balaban J connectivity index is 2.33. The SMILES string of the molecule is Cc1ccc(Oc2ccc(Cl)cc2CCl)c(C)c1. The van der Waals surface area contributed by atoms with Crippen LogP contribution in [0.15, 0.2) is 36.4 Å². The highest BCUT2D eigenvalue weighted by atomic mass is 35.5. The normalized spacial score (nSPS) is 10.4. The minimum Gasteiger partial charge on any atom is -0.457 e. The summed E-state index contributed by atoms with van der Waals surface area (Å²) in [5, 5.41) is 0.665. The van der Waals surface area contributed by atoms with Crippen LogP contribution in [0.1, 0.15) is 16.7 Å². The molecule has 3 heteroatoms. The van der Waals surface area contributed by atoms with E-state index in [1.807, 2.05) is 31.2 Å². The lowest BCUT2D eigenvalue weighted by Gasteiger charge is -2.12. The Kier molecular flexibility index (Phi) is 4.15. The van der Waals surface area contributed by atoms with Crippen molar-refractivity contribution in [1.82, 2.24) is 0 Å². The van der Waals surface area contributed by atoms with E-state index in [1.165, 1.54) is 5.56 Å². The van der Waals surface area contributed by atoms with E-state index in [9.17, 15) is 0 Å². The zero-order valence-corrected chi connectivity index (χ0v) is 11.8. The Hall–Kier alpha value is -1.18. The number of benzene rings is 2. The smallest absolute Gasteiger partial charge is 0.131 e. The predicted molar refractivity (Wildman–Crippen MR) is 77.0 cm³/mol. The van der Waals surface area contributed by atoms with Gasteiger partial charge in [0.2, 0.25) is 0 Å². The molecule has 0 amide bonds. The average molecular weight is 281 g/mol. The summed E-state index contributed by atoms with van der Waals surface area (Å²) in [7, 11) is 0. The van der Waals surface area contributed by atoms with Crippen LogP contribution in [0.3, 0.4) is 0 Å². The molecule has 0 bridgehead atoms. The highest BCUT2D eigenvalue weighted by Gasteiger charge is 2.07. The van der Waals surface area contributed by atoms with Crippen LogP contribution < -0.4 is 4.74 Å². The van der Waals surface area contributed by atoms with Crippen LogP contribution in [0, 0.1) is 13.8 Å². The van der Waals surface area contributed by atoms with Gasteiger partial charge < -0.3 is 4.74 Å². The van der Waals surface area contributed by atoms with Crippen molar-refractivity contribution in [2.75, 3.05) is 0 Å². The first-order valence-electron chi connectivity index (χ1n) is 5.69. The molecule has 0 atom stereocenters. The Labute approximate surface area is 117 Å². The minimum atomic E-state index is 0.376. The molecular weight excluding hydrogens is 267 g/mol. The summed E-state index contributed by atoms with van der Waals surface area (Å²) in [6, 6.07) is 11.6. The molecule has 0 saturated heterocycles. The van der Waals surface area contributed by atoms with Gasteiger partial charge in [-0.15, -0.1) is 11.6 Å². The number of ether oxygens (including phenoxy) is 1. The first-order chi connectivity index (χ1) is 8.60. The molecule has 0 spiro atoms. The molecule has 0 aromatic heterocycles. The highest BCUT2D eigenvalue weighted by molar-refractivity contribution is 6.30. The van der Waals surface area contributed by atoms with Crippen LogP contribution >= 0.6 is 23.2 Å². The second-order valence-corrected chi connectivity index (χ2v) is 4.96. The maximum Gasteiger partial charge on any atom is 0.131 e. The molecular formula is C15H14Cl2O. The van der Waals surface area contributed by atoms with E-state index < -0.39 is 0 Å². The third-order valence-electron chi connectivity index (χ3n) is 2.72. The summed E-state index contributed by atoms with van der Waals surface area (Å²) in [5.41, 5.74) is 3.21. The molecule has 0 aliphatic heterocycles. The molecule has 2 aromatic rings. The first-order valence-corrected chi connectivity index (χ1v) is 6.61. The first kappa shape index (κ1) is 13.3. The van der Waals surface area contributed by atoms with Gasteiger partial charge in [-0.05, 0) is 43.7 Å². The quantitative estimate of drug-likeness (QED) is 0.676. The summed E-state index contributed by atoms with van der Waals surface area (Å²) in [4.78, 5) is 0. The number of hydrogen-bond acceptors (Lipinski definition) is 1. The fourth-order valence-electron chi connectivity index (χ4n) is 1.78. The molecule has 0 unspecified atom stereocenters. The predicted octanol–water partition coefficient (Wildman–Crippen LogP) is 5.49. The third-order valence-corrected chi connectivity index (χ3v) is 3.24. The van der Waals surface area contributed by atoms with Crippen molar-refractivity contribution in [2.45, 2.75) is 19.7 Å². The summed E-state index contributed by atoms with van der Waals surface area (Å²) >= 11 is 11.8. The Bertz CT molecular complexity index is 564. The molecule has 2 aromatic carbocycles. The van der Waals surface area contributed by atoms with Crippen molar-refractivity contribution in [3.63, 3.8) is 0 Å². The average Bonchev–Trinajstić information content (AvgIpc) is 2.34. The molecule has 18 heavy (non-hydrogen) atoms. The van der Waals surface area contributed by atoms with Crippen molar-refractivity contribution in [2.24, 2.45) is 0 Å². The fourth-order valence-corrected chi connectivity index (χ4v) is 2.19. The molecule has 0 N–H and O–H groups in total. The van der Waals surface area contributed by atoms with Gasteiger partial charge in [-0.1, -0.05) is 29.3 Å². The largest absolute Gasteiger partial charge is 0.457 e. The summed E-state index contributed by atoms with van der Waals surface area (Å²) in [5.74, 6) is 1.97. The molecule has 0 aliphatic rings. The van der Waals surface area contributed by atoms with Gasteiger partial charge in [-0.3, -0.25) is 0 Å². The third kappa shape index (κ3) is 2.98. The molecule has 2 rings (SSSR count). The molecule has 0 saturated carbocycles. The van der Waals surface area contributed by atoms with Gasteiger partial charge in [0, 0.05) is 10.6 Å². The van der Waals surface area contributed by atoms with E-state index in [1.54, 1.807) is 6.07 Å². The Morgan fingerprint density at radius 3 is 2.39 bits per heavy atom. The van der Waals surface area contributed by atoms with Crippen molar-refractivity contribution >= 4 is 23.2 Å². The molecule has 0 aliphatic carbocycles. The van der Waals surface area contributed by atoms with Crippen molar-refractivity contribution in [3.05, 3.63) is 58.1 Å². The molecule has 0 radical (unpaired) electrons. The fraction of sp³-hybridized carbons (Fsp3) is 0.200. The molecule has 0 fully saturated rings. The van der Waals surface area contributed by atoms with Crippen LogP contribution in [0.4, 0.5) is 0 Å². The summed E-state index contributed by atoms with van der Waals surface area (Å²) < 4.78 is 5.90. The summed E-state index contributed by atoms with van der Waals surface area (Å²) in [6.45, 7) is 4.09. The maximum absolute atomic E-state index is 5.94. The van der Waals surface area contributed by atoms with Crippen molar-refractivity contribution < 1.29 is 4.74 Å². The van der Waals surface area contributed by atoms with Crippen LogP contribution in [0.5, 0.6) is 11.5 Å². The maximum atomic E-state index is 5.94. The van der Waals surface area contributed by atoms with Crippen LogP contribution in [0.2, 0.25) is 5.02 Å². The van der Waals surface area contributed by atoms with Crippen LogP contribution in [0.25, 0.3) is 0 Å². The van der Waals surface area contributed by atoms with E-state index in [-0.39, 0.29) is 0 Å². The Morgan fingerprint density at radius 1 is 1.00 bits per heavy atom. The van der Waals surface area contributed by atoms with E-state index in [0.717, 1.165) is 22.6 Å². The van der Waals surface area contributed by atoms with Gasteiger partial charge in [0.05, 0.1) is 5.88 Å². The molecule has 1 nitrogen and oxygen atoms in total. The van der Waals surface area contributed by atoms with Crippen LogP contribution in [-0.4, -0.2) is 0 Å². The minimum absolute atomic E-state index is 0.376. The van der Waals surface area contributed by atoms with Crippen LogP contribution in [-0.2, 0) is 5.88 Å². The molecule has 0 heterocycles. The summed E-state index contributed by atoms with van der Waals surface area (Å²) in [6.07, 6.45) is 0. The number of alkyl halides is 1. The zero-order valence-electron chi connectivity index (χ0n) is 10.3. The van der Waals surface area contributed by atoms with Gasteiger partial charge in [-0.2, -0.15) is 0 Å². The van der Waals surface area contributed by atoms with E-state index >= 15 is 0 Å². The lowest BCUT2D eigenvalue weighted by atomic mass is 10.1. The van der Waals surface area contributed by atoms with Gasteiger partial charge in [0.1, 0.15) is 11.5 Å². The topological polar surface area (TPSA) is 9.23 Å². The number of hydrogen-bond donors (Lipinski definition) is 0. The lowest BCUT2D eigenvalue weighted by Crippen LogP contribution is -1.92.